The fourth-order valence-electron chi connectivity index (χ4n) is 1.02. The van der Waals surface area contributed by atoms with Crippen LogP contribution in [-0.4, -0.2) is 12.1 Å². The normalized spacial score (nSPS) is 12.0. The van der Waals surface area contributed by atoms with Crippen LogP contribution >= 0.6 is 0 Å². The molecular formula is C8H5F6NO. The minimum Gasteiger partial charge on any atom is -0.492 e. The van der Waals surface area contributed by atoms with Gasteiger partial charge >= 0.3 is 6.18 Å². The van der Waals surface area contributed by atoms with Gasteiger partial charge in [-0.2, -0.15) is 17.6 Å². The van der Waals surface area contributed by atoms with Crippen molar-refractivity contribution in [2.45, 2.75) is 12.6 Å². The van der Waals surface area contributed by atoms with Crippen molar-refractivity contribution in [3.63, 3.8) is 0 Å². The van der Waals surface area contributed by atoms with Gasteiger partial charge in [0, 0.05) is 0 Å². The van der Waals surface area contributed by atoms with Gasteiger partial charge in [-0.25, -0.2) is 13.8 Å². The number of ether oxygens (including phenoxy) is 1. The first-order valence-electron chi connectivity index (χ1n) is 3.87. The Morgan fingerprint density at radius 2 is 1.88 bits per heavy atom. The van der Waals surface area contributed by atoms with Crippen molar-refractivity contribution in [2.24, 2.45) is 0 Å². The first kappa shape index (κ1) is 12.6. The van der Waals surface area contributed by atoms with E-state index in [2.05, 4.69) is 9.72 Å². The summed E-state index contributed by atoms with van der Waals surface area (Å²) in [5.41, 5.74) is -3.36. The molecule has 0 saturated carbocycles. The molecule has 0 unspecified atom stereocenters. The number of aromatic nitrogens is 1. The molecule has 1 heterocycles. The Kier molecular flexibility index (Phi) is 3.30. The molecule has 0 saturated heterocycles. The van der Waals surface area contributed by atoms with E-state index in [4.69, 9.17) is 0 Å². The summed E-state index contributed by atoms with van der Waals surface area (Å²) in [7, 11) is 0.933. The Hall–Kier alpha value is -1.47. The highest BCUT2D eigenvalue weighted by Crippen LogP contribution is 2.37. The summed E-state index contributed by atoms with van der Waals surface area (Å²) >= 11 is 0. The molecule has 0 amide bonds. The molecule has 1 rings (SSSR count). The molecule has 2 nitrogen and oxygen atoms in total. The molecule has 1 aromatic rings. The first-order chi connectivity index (χ1) is 7.27. The van der Waals surface area contributed by atoms with Crippen molar-refractivity contribution in [2.75, 3.05) is 7.11 Å². The van der Waals surface area contributed by atoms with Gasteiger partial charge in [-0.05, 0) is 6.07 Å². The predicted molar refractivity (Wildman–Crippen MR) is 40.7 cm³/mol. The van der Waals surface area contributed by atoms with Gasteiger partial charge in [0.25, 0.3) is 12.4 Å². The molecule has 1 aromatic heterocycles. The third-order valence-corrected chi connectivity index (χ3v) is 1.70. The second-order valence-electron chi connectivity index (χ2n) is 2.72. The van der Waals surface area contributed by atoms with E-state index in [-0.39, 0.29) is 6.07 Å². The summed E-state index contributed by atoms with van der Waals surface area (Å²) in [5.74, 6) is -2.34. The minimum atomic E-state index is -5.14. The lowest BCUT2D eigenvalue weighted by molar-refractivity contribution is -0.143. The van der Waals surface area contributed by atoms with Crippen molar-refractivity contribution >= 4 is 0 Å². The van der Waals surface area contributed by atoms with Crippen LogP contribution in [0.4, 0.5) is 26.3 Å². The van der Waals surface area contributed by atoms with E-state index in [1.807, 2.05) is 0 Å². The van der Waals surface area contributed by atoms with Crippen LogP contribution < -0.4 is 4.74 Å². The summed E-state index contributed by atoms with van der Waals surface area (Å²) in [6.45, 7) is 0. The number of rotatable bonds is 2. The van der Waals surface area contributed by atoms with Crippen molar-refractivity contribution in [3.05, 3.63) is 23.3 Å². The lowest BCUT2D eigenvalue weighted by atomic mass is 10.2. The Balaban J connectivity index is 3.42. The van der Waals surface area contributed by atoms with Gasteiger partial charge in [-0.3, -0.25) is 0 Å². The molecule has 0 fully saturated rings. The van der Waals surface area contributed by atoms with Gasteiger partial charge in [-0.1, -0.05) is 0 Å². The summed E-state index contributed by atoms with van der Waals surface area (Å²) in [5, 5.41) is 0. The average Bonchev–Trinajstić information content (AvgIpc) is 2.15. The highest BCUT2D eigenvalue weighted by molar-refractivity contribution is 5.32. The van der Waals surface area contributed by atoms with Gasteiger partial charge in [0.2, 0.25) is 0 Å². The third-order valence-electron chi connectivity index (χ3n) is 1.70. The second kappa shape index (κ2) is 4.18. The number of methoxy groups -OCH3 is 1. The number of pyridine rings is 1. The molecule has 0 bridgehead atoms. The number of hydrogen-bond donors (Lipinski definition) is 0. The fraction of sp³-hybridized carbons (Fsp3) is 0.375. The van der Waals surface area contributed by atoms with Crippen LogP contribution in [0.25, 0.3) is 0 Å². The lowest BCUT2D eigenvalue weighted by Gasteiger charge is -2.12. The van der Waals surface area contributed by atoms with Gasteiger partial charge < -0.3 is 4.74 Å². The third kappa shape index (κ3) is 2.37. The largest absolute Gasteiger partial charge is 0.492 e. The van der Waals surface area contributed by atoms with Crippen molar-refractivity contribution in [3.8, 4) is 5.75 Å². The van der Waals surface area contributed by atoms with Crippen LogP contribution in [0, 0.1) is 5.95 Å². The van der Waals surface area contributed by atoms with Gasteiger partial charge in [-0.15, -0.1) is 0 Å². The average molecular weight is 245 g/mol. The van der Waals surface area contributed by atoms with Crippen LogP contribution in [0.3, 0.4) is 0 Å². The highest BCUT2D eigenvalue weighted by atomic mass is 19.4. The lowest BCUT2D eigenvalue weighted by Crippen LogP contribution is -2.14. The molecule has 90 valence electrons. The Labute approximate surface area is 85.9 Å². The topological polar surface area (TPSA) is 22.1 Å². The van der Waals surface area contributed by atoms with E-state index in [9.17, 15) is 26.3 Å². The molecule has 0 aliphatic rings. The zero-order chi connectivity index (χ0) is 12.5. The van der Waals surface area contributed by atoms with Crippen LogP contribution in [0.1, 0.15) is 17.7 Å². The van der Waals surface area contributed by atoms with Crippen molar-refractivity contribution in [1.82, 2.24) is 4.98 Å². The zero-order valence-electron chi connectivity index (χ0n) is 7.78. The monoisotopic (exact) mass is 245 g/mol. The van der Waals surface area contributed by atoms with E-state index >= 15 is 0 Å². The van der Waals surface area contributed by atoms with Crippen LogP contribution in [0.5, 0.6) is 5.75 Å². The summed E-state index contributed by atoms with van der Waals surface area (Å²) in [6.07, 6.45) is -8.56. The number of nitrogens with zero attached hydrogens (tertiary/aromatic N) is 1. The standard InChI is InChI=1S/C8H5F6NO/c1-16-4-2-3(6(9)10)5(8(12,13)14)15-7(4)11/h2,6H,1H3. The van der Waals surface area contributed by atoms with E-state index in [1.165, 1.54) is 0 Å². The quantitative estimate of drug-likeness (QED) is 0.589. The maximum atomic E-state index is 12.8. The molecule has 0 radical (unpaired) electrons. The molecule has 0 aliphatic heterocycles. The van der Waals surface area contributed by atoms with E-state index in [1.54, 1.807) is 0 Å². The Bertz CT molecular complexity index is 389. The molecule has 0 aliphatic carbocycles. The maximum Gasteiger partial charge on any atom is 0.433 e. The van der Waals surface area contributed by atoms with Crippen molar-refractivity contribution < 1.29 is 31.1 Å². The molecule has 16 heavy (non-hydrogen) atoms. The van der Waals surface area contributed by atoms with Crippen molar-refractivity contribution in [1.29, 1.82) is 0 Å². The fourth-order valence-corrected chi connectivity index (χ4v) is 1.02. The first-order valence-corrected chi connectivity index (χ1v) is 3.87. The molecular weight excluding hydrogens is 240 g/mol. The molecule has 0 aromatic carbocycles. The van der Waals surface area contributed by atoms with Gasteiger partial charge in [0.05, 0.1) is 12.7 Å². The molecule has 0 N–H and O–H groups in total. The van der Waals surface area contributed by atoms with Gasteiger partial charge in [0.1, 0.15) is 0 Å². The Morgan fingerprint density at radius 3 is 2.25 bits per heavy atom. The number of halogens is 6. The second-order valence-corrected chi connectivity index (χ2v) is 2.72. The Morgan fingerprint density at radius 1 is 1.31 bits per heavy atom. The van der Waals surface area contributed by atoms with Gasteiger partial charge in [0.15, 0.2) is 11.4 Å². The molecule has 0 spiro atoms. The van der Waals surface area contributed by atoms with E-state index < -0.39 is 35.6 Å². The smallest absolute Gasteiger partial charge is 0.433 e. The minimum absolute atomic E-state index is 0.288. The number of alkyl halides is 5. The van der Waals surface area contributed by atoms with E-state index in [0.29, 0.717) is 0 Å². The predicted octanol–water partition coefficient (Wildman–Crippen LogP) is 3.19. The number of hydrogen-bond acceptors (Lipinski definition) is 2. The summed E-state index contributed by atoms with van der Waals surface area (Å²) < 4.78 is 78.3. The summed E-state index contributed by atoms with van der Waals surface area (Å²) in [6, 6.07) is 0.288. The van der Waals surface area contributed by atoms with Crippen LogP contribution in [0.2, 0.25) is 0 Å². The molecule has 0 atom stereocenters. The maximum absolute atomic E-state index is 12.8. The molecule has 8 heteroatoms. The van der Waals surface area contributed by atoms with E-state index in [0.717, 1.165) is 7.11 Å². The zero-order valence-corrected chi connectivity index (χ0v) is 7.78. The highest BCUT2D eigenvalue weighted by Gasteiger charge is 2.39. The van der Waals surface area contributed by atoms with Crippen LogP contribution in [-0.2, 0) is 6.18 Å². The van der Waals surface area contributed by atoms with Crippen LogP contribution in [0.15, 0.2) is 6.07 Å². The summed E-state index contributed by atoms with van der Waals surface area (Å²) in [4.78, 5) is 2.44. The SMILES string of the molecule is COc1cc(C(F)F)c(C(F)(F)F)nc1F.